The van der Waals surface area contributed by atoms with Gasteiger partial charge in [0.25, 0.3) is 5.91 Å². The van der Waals surface area contributed by atoms with Crippen LogP contribution in [0.15, 0.2) is 54.6 Å². The van der Waals surface area contributed by atoms with E-state index in [2.05, 4.69) is 6.92 Å². The van der Waals surface area contributed by atoms with Crippen LogP contribution in [0, 0.1) is 0 Å². The van der Waals surface area contributed by atoms with E-state index in [0.717, 1.165) is 12.0 Å². The fraction of sp³-hybridized carbons (Fsp3) is 0.364. The lowest BCUT2D eigenvalue weighted by Crippen LogP contribution is -2.50. The van der Waals surface area contributed by atoms with Crippen molar-refractivity contribution in [3.8, 4) is 5.75 Å². The zero-order valence-corrected chi connectivity index (χ0v) is 16.1. The summed E-state index contributed by atoms with van der Waals surface area (Å²) in [5.41, 5.74) is 1.73. The number of ether oxygens (including phenoxy) is 1. The maximum Gasteiger partial charge on any atom is 0.268 e. The predicted molar refractivity (Wildman–Crippen MR) is 106 cm³/mol. The summed E-state index contributed by atoms with van der Waals surface area (Å²) in [6.45, 7) is 6.36. The lowest BCUT2D eigenvalue weighted by molar-refractivity contribution is -0.135. The van der Waals surface area contributed by atoms with E-state index < -0.39 is 6.10 Å². The molecule has 5 nitrogen and oxygen atoms in total. The van der Waals surface area contributed by atoms with E-state index >= 15 is 0 Å². The van der Waals surface area contributed by atoms with Gasteiger partial charge in [-0.05, 0) is 38.0 Å². The minimum absolute atomic E-state index is 0.0146. The molecule has 2 aromatic rings. The Morgan fingerprint density at radius 1 is 1.15 bits per heavy atom. The molecule has 2 aromatic carbocycles. The molecule has 2 amide bonds. The largest absolute Gasteiger partial charge is 0.479 e. The molecule has 0 aliphatic carbocycles. The Bertz CT molecular complexity index is 806. The molecule has 0 bridgehead atoms. The molecular formula is C22H26N2O3. The Hall–Kier alpha value is -2.82. The van der Waals surface area contributed by atoms with Crippen molar-refractivity contribution in [2.75, 3.05) is 11.4 Å². The van der Waals surface area contributed by atoms with Crippen LogP contribution in [-0.2, 0) is 16.1 Å². The highest BCUT2D eigenvalue weighted by Crippen LogP contribution is 2.33. The summed E-state index contributed by atoms with van der Waals surface area (Å²) in [6, 6.07) is 17.4. The van der Waals surface area contributed by atoms with Crippen LogP contribution in [0.3, 0.4) is 0 Å². The number of anilines is 1. The van der Waals surface area contributed by atoms with Gasteiger partial charge in [-0.15, -0.1) is 0 Å². The van der Waals surface area contributed by atoms with Crippen molar-refractivity contribution in [3.63, 3.8) is 0 Å². The molecule has 0 aromatic heterocycles. The number of nitrogens with zero attached hydrogens (tertiary/aromatic N) is 2. The standard InChI is InChI=1S/C22H26N2O3/c1-4-16(2)23(14-18-10-6-5-7-11-18)21(25)15-24-19-12-8-9-13-20(19)27-17(3)22(24)26/h5-13,16-17H,4,14-15H2,1-3H3. The van der Waals surface area contributed by atoms with Crippen LogP contribution in [0.5, 0.6) is 5.75 Å². The van der Waals surface area contributed by atoms with Gasteiger partial charge >= 0.3 is 0 Å². The lowest BCUT2D eigenvalue weighted by atomic mass is 10.1. The first-order valence-corrected chi connectivity index (χ1v) is 9.41. The van der Waals surface area contributed by atoms with Gasteiger partial charge in [-0.1, -0.05) is 49.4 Å². The van der Waals surface area contributed by atoms with Gasteiger partial charge in [0, 0.05) is 12.6 Å². The highest BCUT2D eigenvalue weighted by Gasteiger charge is 2.34. The summed E-state index contributed by atoms with van der Waals surface area (Å²) in [7, 11) is 0. The second-order valence-corrected chi connectivity index (χ2v) is 6.92. The van der Waals surface area contributed by atoms with E-state index in [1.165, 1.54) is 0 Å². The molecule has 0 fully saturated rings. The van der Waals surface area contributed by atoms with Crippen molar-refractivity contribution in [2.24, 2.45) is 0 Å². The van der Waals surface area contributed by atoms with Crippen LogP contribution in [0.25, 0.3) is 0 Å². The van der Waals surface area contributed by atoms with Crippen LogP contribution < -0.4 is 9.64 Å². The zero-order chi connectivity index (χ0) is 19.4. The minimum Gasteiger partial charge on any atom is -0.479 e. The lowest BCUT2D eigenvalue weighted by Gasteiger charge is -2.35. The topological polar surface area (TPSA) is 49.9 Å². The number of benzene rings is 2. The second kappa shape index (κ2) is 8.25. The summed E-state index contributed by atoms with van der Waals surface area (Å²) in [5, 5.41) is 0. The Labute approximate surface area is 160 Å². The van der Waals surface area contributed by atoms with Gasteiger partial charge in [-0.3, -0.25) is 14.5 Å². The average Bonchev–Trinajstić information content (AvgIpc) is 2.69. The fourth-order valence-corrected chi connectivity index (χ4v) is 3.24. The predicted octanol–water partition coefficient (Wildman–Crippen LogP) is 3.63. The van der Waals surface area contributed by atoms with Crippen LogP contribution in [0.1, 0.15) is 32.8 Å². The number of hydrogen-bond donors (Lipinski definition) is 0. The Morgan fingerprint density at radius 3 is 2.52 bits per heavy atom. The molecule has 3 rings (SSSR count). The highest BCUT2D eigenvalue weighted by molar-refractivity contribution is 6.03. The quantitative estimate of drug-likeness (QED) is 0.784. The molecule has 142 valence electrons. The van der Waals surface area contributed by atoms with Crippen LogP contribution >= 0.6 is 0 Å². The van der Waals surface area contributed by atoms with Crippen LogP contribution in [-0.4, -0.2) is 35.4 Å². The molecule has 0 N–H and O–H groups in total. The van der Waals surface area contributed by atoms with Gasteiger partial charge in [0.05, 0.1) is 5.69 Å². The summed E-state index contributed by atoms with van der Waals surface area (Å²) in [5.74, 6) is 0.381. The van der Waals surface area contributed by atoms with E-state index in [-0.39, 0.29) is 24.4 Å². The molecule has 2 unspecified atom stereocenters. The smallest absolute Gasteiger partial charge is 0.268 e. The number of hydrogen-bond acceptors (Lipinski definition) is 3. The fourth-order valence-electron chi connectivity index (χ4n) is 3.24. The van der Waals surface area contributed by atoms with Crippen molar-refractivity contribution in [1.29, 1.82) is 0 Å². The molecule has 1 aliphatic rings. The Kier molecular flexibility index (Phi) is 5.79. The van der Waals surface area contributed by atoms with Crippen molar-refractivity contribution >= 4 is 17.5 Å². The number of carbonyl (C=O) groups is 2. The van der Waals surface area contributed by atoms with E-state index in [1.54, 1.807) is 11.8 Å². The van der Waals surface area contributed by atoms with Gasteiger partial charge in [0.1, 0.15) is 12.3 Å². The molecule has 0 spiro atoms. The maximum atomic E-state index is 13.2. The van der Waals surface area contributed by atoms with Gasteiger partial charge in [0.2, 0.25) is 5.91 Å². The second-order valence-electron chi connectivity index (χ2n) is 6.92. The van der Waals surface area contributed by atoms with Crippen molar-refractivity contribution in [2.45, 2.75) is 45.9 Å². The van der Waals surface area contributed by atoms with E-state index in [4.69, 9.17) is 4.74 Å². The summed E-state index contributed by atoms with van der Waals surface area (Å²) < 4.78 is 5.66. The molecule has 0 radical (unpaired) electrons. The summed E-state index contributed by atoms with van der Waals surface area (Å²) in [4.78, 5) is 29.2. The number of amides is 2. The maximum absolute atomic E-state index is 13.2. The normalized spacial score (nSPS) is 17.1. The van der Waals surface area contributed by atoms with Crippen molar-refractivity contribution in [3.05, 3.63) is 60.2 Å². The monoisotopic (exact) mass is 366 g/mol. The number of rotatable bonds is 6. The first-order chi connectivity index (χ1) is 13.0. The molecule has 27 heavy (non-hydrogen) atoms. The van der Waals surface area contributed by atoms with Gasteiger partial charge in [-0.2, -0.15) is 0 Å². The zero-order valence-electron chi connectivity index (χ0n) is 16.1. The first-order valence-electron chi connectivity index (χ1n) is 9.41. The molecule has 2 atom stereocenters. The molecule has 5 heteroatoms. The molecule has 1 aliphatic heterocycles. The minimum atomic E-state index is -0.598. The summed E-state index contributed by atoms with van der Waals surface area (Å²) >= 11 is 0. The third-order valence-corrected chi connectivity index (χ3v) is 5.01. The van der Waals surface area contributed by atoms with Crippen molar-refractivity contribution < 1.29 is 14.3 Å². The van der Waals surface area contributed by atoms with Crippen LogP contribution in [0.4, 0.5) is 5.69 Å². The van der Waals surface area contributed by atoms with Crippen molar-refractivity contribution in [1.82, 2.24) is 4.90 Å². The Balaban J connectivity index is 1.83. The van der Waals surface area contributed by atoms with Gasteiger partial charge in [-0.25, -0.2) is 0 Å². The SMILES string of the molecule is CCC(C)N(Cc1ccccc1)C(=O)CN1C(=O)C(C)Oc2ccccc21. The van der Waals surface area contributed by atoms with Crippen LogP contribution in [0.2, 0.25) is 0 Å². The third-order valence-electron chi connectivity index (χ3n) is 5.01. The summed E-state index contributed by atoms with van der Waals surface area (Å²) in [6.07, 6.45) is 0.252. The Morgan fingerprint density at radius 2 is 1.81 bits per heavy atom. The molecule has 0 saturated heterocycles. The number of para-hydroxylation sites is 2. The third kappa shape index (κ3) is 4.13. The van der Waals surface area contributed by atoms with E-state index in [0.29, 0.717) is 18.0 Å². The molecule has 0 saturated carbocycles. The van der Waals surface area contributed by atoms with E-state index in [1.807, 2.05) is 66.4 Å². The first kappa shape index (κ1) is 19.0. The van der Waals surface area contributed by atoms with Gasteiger partial charge in [0.15, 0.2) is 6.10 Å². The molecule has 1 heterocycles. The number of carbonyl (C=O) groups excluding carboxylic acids is 2. The highest BCUT2D eigenvalue weighted by atomic mass is 16.5. The average molecular weight is 366 g/mol. The molecular weight excluding hydrogens is 340 g/mol. The van der Waals surface area contributed by atoms with E-state index in [9.17, 15) is 9.59 Å². The van der Waals surface area contributed by atoms with Gasteiger partial charge < -0.3 is 9.64 Å². The number of fused-ring (bicyclic) bond motifs is 1.